The van der Waals surface area contributed by atoms with Crippen LogP contribution in [-0.4, -0.2) is 19.1 Å². The number of ether oxygens (including phenoxy) is 1. The van der Waals surface area contributed by atoms with Gasteiger partial charge in [0, 0.05) is 0 Å². The number of carbonyl (C=O) groups excluding carboxylic acids is 1. The largest absolute Gasteiger partial charge is 0.465 e. The van der Waals surface area contributed by atoms with Crippen LogP contribution in [0.4, 0.5) is 11.4 Å². The molecule has 0 saturated carbocycles. The summed E-state index contributed by atoms with van der Waals surface area (Å²) in [6, 6.07) is 7.86. The first-order chi connectivity index (χ1) is 7.31. The molecule has 5 heteroatoms. The number of hydrogen-bond donors (Lipinski definition) is 1. The van der Waals surface area contributed by atoms with E-state index in [-0.39, 0.29) is 12.5 Å². The maximum absolute atomic E-state index is 11.3. The first-order valence-corrected chi connectivity index (χ1v) is 5.53. The molecule has 1 aromatic carbocycles. The summed E-state index contributed by atoms with van der Waals surface area (Å²) < 4.78 is 9.91. The molecule has 1 aliphatic heterocycles. The Balaban J connectivity index is 2.04. The Morgan fingerprint density at radius 2 is 2.33 bits per heavy atom. The maximum Gasteiger partial charge on any atom is 0.326 e. The van der Waals surface area contributed by atoms with Gasteiger partial charge in [-0.25, -0.2) is 0 Å². The predicted molar refractivity (Wildman–Crippen MR) is 61.6 cm³/mol. The second-order valence-corrected chi connectivity index (χ2v) is 3.88. The number of rotatable bonds is 3. The Morgan fingerprint density at radius 3 is 3.13 bits per heavy atom. The number of benzene rings is 1. The van der Waals surface area contributed by atoms with Crippen LogP contribution >= 0.6 is 12.1 Å². The van der Waals surface area contributed by atoms with Crippen LogP contribution in [0.25, 0.3) is 0 Å². The summed E-state index contributed by atoms with van der Waals surface area (Å²) in [6.07, 6.45) is 0. The van der Waals surface area contributed by atoms with E-state index >= 15 is 0 Å². The molecule has 0 spiro atoms. The number of nitrogens with one attached hydrogen (secondary N) is 1. The van der Waals surface area contributed by atoms with Crippen molar-refractivity contribution in [3.8, 4) is 0 Å². The number of esters is 1. The highest BCUT2D eigenvalue weighted by Crippen LogP contribution is 2.38. The van der Waals surface area contributed by atoms with Gasteiger partial charge in [0.1, 0.15) is 6.54 Å². The van der Waals surface area contributed by atoms with Crippen molar-refractivity contribution in [2.75, 3.05) is 22.2 Å². The predicted octanol–water partition coefficient (Wildman–Crippen LogP) is 2.04. The molecule has 4 nitrogen and oxygen atoms in total. The van der Waals surface area contributed by atoms with Gasteiger partial charge in [0.15, 0.2) is 0 Å². The molecular formula is C10H12N2O2S. The van der Waals surface area contributed by atoms with Crippen LogP contribution in [0.3, 0.4) is 0 Å². The van der Waals surface area contributed by atoms with Gasteiger partial charge in [0.25, 0.3) is 0 Å². The Labute approximate surface area is 92.9 Å². The van der Waals surface area contributed by atoms with E-state index in [1.54, 1.807) is 6.92 Å². The van der Waals surface area contributed by atoms with E-state index in [0.717, 1.165) is 11.4 Å². The lowest BCUT2D eigenvalue weighted by Crippen LogP contribution is -2.23. The van der Waals surface area contributed by atoms with Crippen molar-refractivity contribution in [1.82, 2.24) is 0 Å². The monoisotopic (exact) mass is 224 g/mol. The van der Waals surface area contributed by atoms with E-state index in [4.69, 9.17) is 4.74 Å². The van der Waals surface area contributed by atoms with Crippen molar-refractivity contribution in [1.29, 1.82) is 0 Å². The molecule has 1 heterocycles. The van der Waals surface area contributed by atoms with Gasteiger partial charge in [-0.15, -0.1) is 0 Å². The fraction of sp³-hybridized carbons (Fsp3) is 0.300. The van der Waals surface area contributed by atoms with E-state index in [1.807, 2.05) is 28.6 Å². The molecule has 80 valence electrons. The SMILES string of the molecule is CCOC(=O)CN1SNc2ccccc21. The normalized spacial score (nSPS) is 13.3. The van der Waals surface area contributed by atoms with E-state index in [0.29, 0.717) is 6.61 Å². The van der Waals surface area contributed by atoms with Crippen LogP contribution < -0.4 is 9.03 Å². The van der Waals surface area contributed by atoms with Crippen LogP contribution in [0.5, 0.6) is 0 Å². The van der Waals surface area contributed by atoms with Crippen LogP contribution in [0.15, 0.2) is 24.3 Å². The van der Waals surface area contributed by atoms with Gasteiger partial charge in [-0.2, -0.15) is 0 Å². The Morgan fingerprint density at radius 1 is 1.53 bits per heavy atom. The van der Waals surface area contributed by atoms with Crippen LogP contribution in [-0.2, 0) is 9.53 Å². The second kappa shape index (κ2) is 4.44. The van der Waals surface area contributed by atoms with E-state index in [9.17, 15) is 4.79 Å². The van der Waals surface area contributed by atoms with Gasteiger partial charge in [-0.05, 0) is 19.1 Å². The molecule has 15 heavy (non-hydrogen) atoms. The Kier molecular flexibility index (Phi) is 3.01. The first-order valence-electron chi connectivity index (χ1n) is 4.76. The number of para-hydroxylation sites is 2. The van der Waals surface area contributed by atoms with Gasteiger partial charge in [-0.3, -0.25) is 9.10 Å². The summed E-state index contributed by atoms with van der Waals surface area (Å²) in [4.78, 5) is 11.3. The van der Waals surface area contributed by atoms with E-state index < -0.39 is 0 Å². The van der Waals surface area contributed by atoms with Crippen LogP contribution in [0, 0.1) is 0 Å². The lowest BCUT2D eigenvalue weighted by Gasteiger charge is -2.14. The number of fused-ring (bicyclic) bond motifs is 1. The van der Waals surface area contributed by atoms with Crippen molar-refractivity contribution in [2.24, 2.45) is 0 Å². The average Bonchev–Trinajstić information content (AvgIpc) is 2.62. The topological polar surface area (TPSA) is 41.6 Å². The van der Waals surface area contributed by atoms with Crippen LogP contribution in [0.1, 0.15) is 6.92 Å². The standard InChI is InChI=1S/C10H12N2O2S/c1-2-14-10(13)7-12-9-6-4-3-5-8(9)11-15-12/h3-6,11H,2,7H2,1H3. The van der Waals surface area contributed by atoms with Crippen LogP contribution in [0.2, 0.25) is 0 Å². The third kappa shape index (κ3) is 2.18. The summed E-state index contributed by atoms with van der Waals surface area (Å²) in [5, 5.41) is 0. The fourth-order valence-electron chi connectivity index (χ4n) is 1.37. The molecule has 0 amide bonds. The molecule has 0 aromatic heterocycles. The molecule has 0 radical (unpaired) electrons. The second-order valence-electron chi connectivity index (χ2n) is 3.05. The fourth-order valence-corrected chi connectivity index (χ4v) is 2.18. The average molecular weight is 224 g/mol. The van der Waals surface area contributed by atoms with Gasteiger partial charge in [-0.1, -0.05) is 12.1 Å². The third-order valence-electron chi connectivity index (χ3n) is 2.02. The quantitative estimate of drug-likeness (QED) is 0.628. The highest BCUT2D eigenvalue weighted by Gasteiger charge is 2.21. The minimum absolute atomic E-state index is 0.205. The lowest BCUT2D eigenvalue weighted by molar-refractivity contribution is -0.141. The summed E-state index contributed by atoms with van der Waals surface area (Å²) in [6.45, 7) is 2.50. The maximum atomic E-state index is 11.3. The van der Waals surface area contributed by atoms with Crippen molar-refractivity contribution < 1.29 is 9.53 Å². The van der Waals surface area contributed by atoms with Crippen molar-refractivity contribution in [3.05, 3.63) is 24.3 Å². The molecule has 1 N–H and O–H groups in total. The summed E-state index contributed by atoms with van der Waals surface area (Å²) in [7, 11) is 0. The van der Waals surface area contributed by atoms with E-state index in [2.05, 4.69) is 4.72 Å². The molecule has 0 unspecified atom stereocenters. The molecular weight excluding hydrogens is 212 g/mol. The number of anilines is 2. The molecule has 2 rings (SSSR count). The first kappa shape index (κ1) is 10.2. The number of nitrogens with zero attached hydrogens (tertiary/aromatic N) is 1. The molecule has 1 aliphatic rings. The van der Waals surface area contributed by atoms with Crippen molar-refractivity contribution in [2.45, 2.75) is 6.92 Å². The van der Waals surface area contributed by atoms with Gasteiger partial charge in [0.2, 0.25) is 0 Å². The van der Waals surface area contributed by atoms with Gasteiger partial charge >= 0.3 is 5.97 Å². The lowest BCUT2D eigenvalue weighted by atomic mass is 10.3. The molecule has 1 aromatic rings. The van der Waals surface area contributed by atoms with Gasteiger partial charge in [0.05, 0.1) is 30.1 Å². The molecule has 0 fully saturated rings. The summed E-state index contributed by atoms with van der Waals surface area (Å²) in [5.41, 5.74) is 2.06. The third-order valence-corrected chi connectivity index (χ3v) is 2.87. The molecule has 0 bridgehead atoms. The van der Waals surface area contributed by atoms with E-state index in [1.165, 1.54) is 12.1 Å². The zero-order valence-corrected chi connectivity index (χ0v) is 9.21. The molecule has 0 aliphatic carbocycles. The van der Waals surface area contributed by atoms with Crippen molar-refractivity contribution in [3.63, 3.8) is 0 Å². The summed E-state index contributed by atoms with van der Waals surface area (Å²) in [5.74, 6) is -0.205. The molecule has 0 atom stereocenters. The zero-order chi connectivity index (χ0) is 10.7. The minimum atomic E-state index is -0.205. The smallest absolute Gasteiger partial charge is 0.326 e. The highest BCUT2D eigenvalue weighted by atomic mass is 32.2. The number of hydrogen-bond acceptors (Lipinski definition) is 5. The van der Waals surface area contributed by atoms with Gasteiger partial charge < -0.3 is 9.46 Å². The Bertz CT molecular complexity index is 370. The van der Waals surface area contributed by atoms with Crippen molar-refractivity contribution >= 4 is 29.5 Å². The molecule has 0 saturated heterocycles. The zero-order valence-electron chi connectivity index (χ0n) is 8.40. The summed E-state index contributed by atoms with van der Waals surface area (Å²) >= 11 is 1.41. The Hall–Kier alpha value is -1.36. The minimum Gasteiger partial charge on any atom is -0.465 e. The highest BCUT2D eigenvalue weighted by molar-refractivity contribution is 8.02. The number of carbonyl (C=O) groups is 1.